The van der Waals surface area contributed by atoms with E-state index < -0.39 is 0 Å². The topological polar surface area (TPSA) is 35.5 Å². The molecule has 0 bridgehead atoms. The van der Waals surface area contributed by atoms with Crippen LogP contribution in [0.4, 0.5) is 0 Å². The molecule has 0 unspecified atom stereocenters. The van der Waals surface area contributed by atoms with Gasteiger partial charge in [-0.05, 0) is 6.42 Å². The number of esters is 1. The van der Waals surface area contributed by atoms with Crippen molar-refractivity contribution in [3.63, 3.8) is 0 Å². The van der Waals surface area contributed by atoms with E-state index in [0.717, 1.165) is 12.0 Å². The summed E-state index contributed by atoms with van der Waals surface area (Å²) < 4.78 is 10.3. The Bertz CT molecular complexity index is 268. The third-order valence-electron chi connectivity index (χ3n) is 2.83. The van der Waals surface area contributed by atoms with Gasteiger partial charge in [-0.25, -0.2) is 0 Å². The second-order valence-electron chi connectivity index (χ2n) is 3.89. The van der Waals surface area contributed by atoms with Crippen molar-refractivity contribution in [2.45, 2.75) is 32.0 Å². The van der Waals surface area contributed by atoms with Gasteiger partial charge in [0.15, 0.2) is 0 Å². The Balaban J connectivity index is 2.59. The van der Waals surface area contributed by atoms with Crippen LogP contribution >= 0.6 is 0 Å². The molecular formula is C12H18O3. The standard InChI is InChI=1S/C12H18O3/c1-5-11-9(3)8(2)6-10(15-11)7-12(13)14-4/h5,9-11H,1-2,6-7H2,3-4H3/t9-,10-,11+/m0/s1. The Morgan fingerprint density at radius 3 is 2.93 bits per heavy atom. The molecule has 3 atom stereocenters. The molecule has 0 aliphatic carbocycles. The predicted octanol–water partition coefficient (Wildman–Crippen LogP) is 2.09. The third kappa shape index (κ3) is 2.93. The van der Waals surface area contributed by atoms with Crippen LogP contribution in [0.2, 0.25) is 0 Å². The van der Waals surface area contributed by atoms with E-state index in [-0.39, 0.29) is 30.5 Å². The average Bonchev–Trinajstić information content (AvgIpc) is 2.22. The van der Waals surface area contributed by atoms with Gasteiger partial charge in [0.05, 0.1) is 25.7 Å². The van der Waals surface area contributed by atoms with Gasteiger partial charge in [0.25, 0.3) is 0 Å². The first-order valence-electron chi connectivity index (χ1n) is 5.11. The largest absolute Gasteiger partial charge is 0.469 e. The van der Waals surface area contributed by atoms with Gasteiger partial charge in [-0.15, -0.1) is 6.58 Å². The van der Waals surface area contributed by atoms with Crippen molar-refractivity contribution in [2.24, 2.45) is 5.92 Å². The number of carbonyl (C=O) groups excluding carboxylic acids is 1. The molecule has 1 aliphatic heterocycles. The Kier molecular flexibility index (Phi) is 4.09. The first kappa shape index (κ1) is 12.0. The summed E-state index contributed by atoms with van der Waals surface area (Å²) in [5.74, 6) is 0.0292. The fraction of sp³-hybridized carbons (Fsp3) is 0.583. The van der Waals surface area contributed by atoms with E-state index in [4.69, 9.17) is 4.74 Å². The lowest BCUT2D eigenvalue weighted by Gasteiger charge is -2.34. The summed E-state index contributed by atoms with van der Waals surface area (Å²) in [6.45, 7) is 9.78. The molecule has 84 valence electrons. The molecule has 0 aromatic rings. The van der Waals surface area contributed by atoms with Crippen LogP contribution in [0, 0.1) is 5.92 Å². The molecule has 3 heteroatoms. The monoisotopic (exact) mass is 210 g/mol. The highest BCUT2D eigenvalue weighted by molar-refractivity contribution is 5.69. The van der Waals surface area contributed by atoms with E-state index in [2.05, 4.69) is 24.8 Å². The molecular weight excluding hydrogens is 192 g/mol. The van der Waals surface area contributed by atoms with Gasteiger partial charge < -0.3 is 9.47 Å². The normalized spacial score (nSPS) is 31.1. The Morgan fingerprint density at radius 2 is 2.40 bits per heavy atom. The van der Waals surface area contributed by atoms with Crippen LogP contribution in [0.25, 0.3) is 0 Å². The van der Waals surface area contributed by atoms with Crippen molar-refractivity contribution < 1.29 is 14.3 Å². The Morgan fingerprint density at radius 1 is 1.73 bits per heavy atom. The van der Waals surface area contributed by atoms with Crippen molar-refractivity contribution in [1.29, 1.82) is 0 Å². The number of ether oxygens (including phenoxy) is 2. The lowest BCUT2D eigenvalue weighted by Crippen LogP contribution is -2.35. The van der Waals surface area contributed by atoms with Crippen molar-refractivity contribution in [2.75, 3.05) is 7.11 Å². The first-order valence-corrected chi connectivity index (χ1v) is 5.11. The molecule has 0 spiro atoms. The summed E-state index contributed by atoms with van der Waals surface area (Å²) in [5, 5.41) is 0. The van der Waals surface area contributed by atoms with Gasteiger partial charge in [0.2, 0.25) is 0 Å². The molecule has 1 rings (SSSR count). The summed E-state index contributed by atoms with van der Waals surface area (Å²) in [5.41, 5.74) is 1.11. The quantitative estimate of drug-likeness (QED) is 0.528. The smallest absolute Gasteiger partial charge is 0.308 e. The van der Waals surface area contributed by atoms with Gasteiger partial charge in [0, 0.05) is 5.92 Å². The second-order valence-corrected chi connectivity index (χ2v) is 3.89. The first-order chi connectivity index (χ1) is 7.08. The van der Waals surface area contributed by atoms with Crippen LogP contribution in [-0.4, -0.2) is 25.3 Å². The molecule has 1 heterocycles. The number of hydrogen-bond acceptors (Lipinski definition) is 3. The number of carbonyl (C=O) groups is 1. The summed E-state index contributed by atoms with van der Waals surface area (Å²) in [4.78, 5) is 11.1. The zero-order chi connectivity index (χ0) is 11.4. The van der Waals surface area contributed by atoms with E-state index >= 15 is 0 Å². The molecule has 1 saturated heterocycles. The van der Waals surface area contributed by atoms with Crippen molar-refractivity contribution in [3.05, 3.63) is 24.8 Å². The van der Waals surface area contributed by atoms with E-state index in [1.807, 2.05) is 0 Å². The van der Waals surface area contributed by atoms with Crippen LogP contribution in [-0.2, 0) is 14.3 Å². The average molecular weight is 210 g/mol. The molecule has 1 aliphatic rings. The second kappa shape index (κ2) is 5.12. The molecule has 1 fully saturated rings. The lowest BCUT2D eigenvalue weighted by molar-refractivity contribution is -0.145. The molecule has 0 saturated carbocycles. The number of rotatable bonds is 3. The summed E-state index contributed by atoms with van der Waals surface area (Å²) >= 11 is 0. The van der Waals surface area contributed by atoms with Crippen molar-refractivity contribution >= 4 is 5.97 Å². The fourth-order valence-corrected chi connectivity index (χ4v) is 1.75. The molecule has 0 N–H and O–H groups in total. The minimum atomic E-state index is -0.245. The van der Waals surface area contributed by atoms with Gasteiger partial charge in [0.1, 0.15) is 0 Å². The summed E-state index contributed by atoms with van der Waals surface area (Å²) in [6.07, 6.45) is 2.61. The number of methoxy groups -OCH3 is 1. The van der Waals surface area contributed by atoms with Crippen LogP contribution in [0.5, 0.6) is 0 Å². The van der Waals surface area contributed by atoms with Crippen molar-refractivity contribution in [1.82, 2.24) is 0 Å². The maximum absolute atomic E-state index is 11.1. The van der Waals surface area contributed by atoms with Gasteiger partial charge >= 0.3 is 5.97 Å². The summed E-state index contributed by atoms with van der Waals surface area (Å²) in [7, 11) is 1.38. The molecule has 0 aromatic carbocycles. The highest BCUT2D eigenvalue weighted by Gasteiger charge is 2.30. The van der Waals surface area contributed by atoms with Gasteiger partial charge in [-0.2, -0.15) is 0 Å². The molecule has 0 amide bonds. The van der Waals surface area contributed by atoms with Crippen LogP contribution in [0.15, 0.2) is 24.8 Å². The van der Waals surface area contributed by atoms with E-state index in [0.29, 0.717) is 0 Å². The van der Waals surface area contributed by atoms with E-state index in [1.54, 1.807) is 6.08 Å². The molecule has 0 aromatic heterocycles. The maximum atomic E-state index is 11.1. The van der Waals surface area contributed by atoms with Gasteiger partial charge in [-0.1, -0.05) is 25.2 Å². The van der Waals surface area contributed by atoms with Crippen LogP contribution in [0.3, 0.4) is 0 Å². The zero-order valence-electron chi connectivity index (χ0n) is 9.36. The summed E-state index contributed by atoms with van der Waals surface area (Å²) in [6, 6.07) is 0. The van der Waals surface area contributed by atoms with E-state index in [1.165, 1.54) is 7.11 Å². The minimum Gasteiger partial charge on any atom is -0.469 e. The molecule has 3 nitrogen and oxygen atoms in total. The maximum Gasteiger partial charge on any atom is 0.308 e. The Labute approximate surface area is 90.8 Å². The minimum absolute atomic E-state index is 0.0408. The van der Waals surface area contributed by atoms with Crippen LogP contribution in [0.1, 0.15) is 19.8 Å². The van der Waals surface area contributed by atoms with Crippen molar-refractivity contribution in [3.8, 4) is 0 Å². The highest BCUT2D eigenvalue weighted by Crippen LogP contribution is 2.30. The zero-order valence-corrected chi connectivity index (χ0v) is 9.36. The highest BCUT2D eigenvalue weighted by atomic mass is 16.5. The van der Waals surface area contributed by atoms with Gasteiger partial charge in [-0.3, -0.25) is 4.79 Å². The third-order valence-corrected chi connectivity index (χ3v) is 2.83. The van der Waals surface area contributed by atoms with Crippen LogP contribution < -0.4 is 0 Å². The molecule has 15 heavy (non-hydrogen) atoms. The lowest BCUT2D eigenvalue weighted by atomic mass is 9.88. The number of hydrogen-bond donors (Lipinski definition) is 0. The Hall–Kier alpha value is -1.09. The fourth-order valence-electron chi connectivity index (χ4n) is 1.75. The van der Waals surface area contributed by atoms with E-state index in [9.17, 15) is 4.79 Å². The predicted molar refractivity (Wildman–Crippen MR) is 58.4 cm³/mol. The molecule has 0 radical (unpaired) electrons. The SMILES string of the molecule is C=C[C@H]1O[C@H](CC(=O)OC)CC(=C)[C@@H]1C.